The van der Waals surface area contributed by atoms with E-state index in [1.54, 1.807) is 0 Å². The minimum absolute atomic E-state index is 0.0701. The number of rotatable bonds is 4. The van der Waals surface area contributed by atoms with Crippen LogP contribution in [0.1, 0.15) is 70.5 Å². The van der Waals surface area contributed by atoms with Crippen LogP contribution in [0.3, 0.4) is 0 Å². The van der Waals surface area contributed by atoms with Gasteiger partial charge in [-0.1, -0.05) is 18.3 Å². The second-order valence-electron chi connectivity index (χ2n) is 7.22. The van der Waals surface area contributed by atoms with Gasteiger partial charge in [0.15, 0.2) is 0 Å². The molecule has 1 aromatic rings. The summed E-state index contributed by atoms with van der Waals surface area (Å²) in [6, 6.07) is 0.254. The second-order valence-corrected chi connectivity index (χ2v) is 8.00. The normalized spacial score (nSPS) is 26.1. The van der Waals surface area contributed by atoms with E-state index in [1.165, 1.54) is 16.4 Å². The van der Waals surface area contributed by atoms with Crippen LogP contribution in [0.25, 0.3) is 0 Å². The zero-order chi connectivity index (χ0) is 15.1. The molecule has 2 heterocycles. The molecule has 1 aromatic heterocycles. The molecule has 0 amide bonds. The van der Waals surface area contributed by atoms with E-state index in [-0.39, 0.29) is 17.2 Å². The van der Waals surface area contributed by atoms with Gasteiger partial charge in [-0.25, -0.2) is 0 Å². The molecule has 1 aliphatic rings. The summed E-state index contributed by atoms with van der Waals surface area (Å²) in [5, 5.41) is 7.81. The Bertz CT molecular complexity index is 467. The van der Waals surface area contributed by atoms with Gasteiger partial charge in [0.05, 0.1) is 27.8 Å². The lowest BCUT2D eigenvalue weighted by molar-refractivity contribution is -0.0776. The molecule has 2 atom stereocenters. The fourth-order valence-corrected chi connectivity index (χ4v) is 4.44. The van der Waals surface area contributed by atoms with Gasteiger partial charge in [-0.3, -0.25) is 0 Å². The Morgan fingerprint density at radius 2 is 1.95 bits per heavy atom. The highest BCUT2D eigenvalue weighted by Crippen LogP contribution is 2.48. The number of hydrogen-bond donors (Lipinski definition) is 1. The summed E-state index contributed by atoms with van der Waals surface area (Å²) in [5.74, 6) is 0.820. The first-order chi connectivity index (χ1) is 9.18. The van der Waals surface area contributed by atoms with Crippen molar-refractivity contribution in [1.29, 1.82) is 0 Å². The van der Waals surface area contributed by atoms with Gasteiger partial charge in [0.2, 0.25) is 0 Å². The Hall–Kier alpha value is -0.520. The molecule has 5 heteroatoms. The third-order valence-electron chi connectivity index (χ3n) is 4.23. The summed E-state index contributed by atoms with van der Waals surface area (Å²) < 4.78 is 10.4. The summed E-state index contributed by atoms with van der Waals surface area (Å²) in [6.07, 6.45) is 1.04. The first-order valence-electron chi connectivity index (χ1n) is 7.37. The van der Waals surface area contributed by atoms with Crippen LogP contribution in [0.2, 0.25) is 0 Å². The van der Waals surface area contributed by atoms with Crippen molar-refractivity contribution in [2.24, 2.45) is 5.92 Å². The quantitative estimate of drug-likeness (QED) is 0.924. The first-order valence-corrected chi connectivity index (χ1v) is 8.15. The molecule has 0 aromatic carbocycles. The highest BCUT2D eigenvalue weighted by molar-refractivity contribution is 7.05. The third kappa shape index (κ3) is 2.90. The number of nitrogens with zero attached hydrogens (tertiary/aromatic N) is 2. The van der Waals surface area contributed by atoms with Crippen LogP contribution < -0.4 is 5.32 Å². The van der Waals surface area contributed by atoms with Crippen molar-refractivity contribution in [3.8, 4) is 0 Å². The van der Waals surface area contributed by atoms with E-state index in [1.807, 2.05) is 7.05 Å². The van der Waals surface area contributed by atoms with E-state index in [0.29, 0.717) is 11.8 Å². The van der Waals surface area contributed by atoms with E-state index in [2.05, 4.69) is 56.4 Å². The van der Waals surface area contributed by atoms with Crippen LogP contribution in [0, 0.1) is 5.92 Å². The Morgan fingerprint density at radius 1 is 1.30 bits per heavy atom. The van der Waals surface area contributed by atoms with Gasteiger partial charge in [0, 0.05) is 5.92 Å². The summed E-state index contributed by atoms with van der Waals surface area (Å²) in [6.45, 7) is 13.1. The zero-order valence-electron chi connectivity index (χ0n) is 13.7. The van der Waals surface area contributed by atoms with Crippen LogP contribution in [-0.2, 0) is 4.74 Å². The van der Waals surface area contributed by atoms with Crippen LogP contribution >= 0.6 is 11.5 Å². The van der Waals surface area contributed by atoms with Crippen LogP contribution in [0.15, 0.2) is 0 Å². The minimum atomic E-state index is -0.143. The average Bonchev–Trinajstić information content (AvgIpc) is 2.83. The van der Waals surface area contributed by atoms with Gasteiger partial charge in [0.25, 0.3) is 0 Å². The van der Waals surface area contributed by atoms with Gasteiger partial charge in [-0.2, -0.15) is 0 Å². The number of hydrogen-bond acceptors (Lipinski definition) is 5. The maximum Gasteiger partial charge on any atom is 0.0829 e. The SMILES string of the molecule is CNC(c1snnc1C(C)C)C1CC(C)(C)OC1(C)C. The predicted molar refractivity (Wildman–Crippen MR) is 83.1 cm³/mol. The Balaban J connectivity index is 2.35. The van der Waals surface area contributed by atoms with Gasteiger partial charge in [-0.05, 0) is 58.6 Å². The highest BCUT2D eigenvalue weighted by Gasteiger charge is 2.49. The van der Waals surface area contributed by atoms with Crippen molar-refractivity contribution < 1.29 is 4.74 Å². The molecule has 20 heavy (non-hydrogen) atoms. The second kappa shape index (κ2) is 5.35. The lowest BCUT2D eigenvalue weighted by Gasteiger charge is -2.32. The lowest BCUT2D eigenvalue weighted by Crippen LogP contribution is -2.37. The molecule has 0 radical (unpaired) electrons. The molecule has 2 rings (SSSR count). The van der Waals surface area contributed by atoms with Crippen molar-refractivity contribution in [3.63, 3.8) is 0 Å². The molecular weight excluding hydrogens is 270 g/mol. The molecule has 4 nitrogen and oxygen atoms in total. The fourth-order valence-electron chi connectivity index (χ4n) is 3.46. The van der Waals surface area contributed by atoms with Gasteiger partial charge < -0.3 is 10.1 Å². The van der Waals surface area contributed by atoms with Gasteiger partial charge >= 0.3 is 0 Å². The maximum atomic E-state index is 6.25. The van der Waals surface area contributed by atoms with E-state index in [0.717, 1.165) is 12.1 Å². The summed E-state index contributed by atoms with van der Waals surface area (Å²) in [7, 11) is 2.02. The van der Waals surface area contributed by atoms with Crippen LogP contribution in [0.5, 0.6) is 0 Å². The predicted octanol–water partition coefficient (Wildman–Crippen LogP) is 3.52. The zero-order valence-corrected chi connectivity index (χ0v) is 14.5. The van der Waals surface area contributed by atoms with Crippen molar-refractivity contribution in [2.75, 3.05) is 7.05 Å². The van der Waals surface area contributed by atoms with E-state index < -0.39 is 0 Å². The Morgan fingerprint density at radius 3 is 2.40 bits per heavy atom. The molecular formula is C15H27N3OS. The monoisotopic (exact) mass is 297 g/mol. The number of aromatic nitrogens is 2. The largest absolute Gasteiger partial charge is 0.369 e. The standard InChI is InChI=1S/C15H27N3OS/c1-9(2)11-13(20-18-17-11)12(16-7)10-8-14(3,4)19-15(10,5)6/h9-10,12,16H,8H2,1-7H3. The summed E-state index contributed by atoms with van der Waals surface area (Å²) >= 11 is 1.52. The molecule has 2 unspecified atom stereocenters. The van der Waals surface area contributed by atoms with Crippen molar-refractivity contribution in [1.82, 2.24) is 14.9 Å². The van der Waals surface area contributed by atoms with Crippen LogP contribution in [-0.4, -0.2) is 27.8 Å². The van der Waals surface area contributed by atoms with Gasteiger partial charge in [0.1, 0.15) is 0 Å². The topological polar surface area (TPSA) is 47.0 Å². The molecule has 0 aliphatic carbocycles. The number of ether oxygens (including phenoxy) is 1. The molecule has 0 saturated carbocycles. The lowest BCUT2D eigenvalue weighted by atomic mass is 9.80. The van der Waals surface area contributed by atoms with Crippen molar-refractivity contribution >= 4 is 11.5 Å². The number of nitrogens with one attached hydrogen (secondary N) is 1. The van der Waals surface area contributed by atoms with E-state index in [4.69, 9.17) is 4.74 Å². The third-order valence-corrected chi connectivity index (χ3v) is 5.05. The molecule has 0 bridgehead atoms. The fraction of sp³-hybridized carbons (Fsp3) is 0.867. The van der Waals surface area contributed by atoms with E-state index >= 15 is 0 Å². The first kappa shape index (κ1) is 15.9. The smallest absolute Gasteiger partial charge is 0.0829 e. The minimum Gasteiger partial charge on any atom is -0.369 e. The van der Waals surface area contributed by atoms with Gasteiger partial charge in [-0.15, -0.1) is 5.10 Å². The Kier molecular flexibility index (Phi) is 4.24. The maximum absolute atomic E-state index is 6.25. The van der Waals surface area contributed by atoms with Crippen molar-refractivity contribution in [3.05, 3.63) is 10.6 Å². The molecule has 1 saturated heterocycles. The molecule has 1 aliphatic heterocycles. The Labute approximate surface area is 126 Å². The summed E-state index contributed by atoms with van der Waals surface area (Å²) in [4.78, 5) is 1.27. The molecule has 114 valence electrons. The molecule has 0 spiro atoms. The van der Waals surface area contributed by atoms with Crippen molar-refractivity contribution in [2.45, 2.75) is 71.1 Å². The highest BCUT2D eigenvalue weighted by atomic mass is 32.1. The van der Waals surface area contributed by atoms with Crippen LogP contribution in [0.4, 0.5) is 0 Å². The average molecular weight is 297 g/mol. The molecule has 1 N–H and O–H groups in total. The van der Waals surface area contributed by atoms with E-state index in [9.17, 15) is 0 Å². The molecule has 1 fully saturated rings. The summed E-state index contributed by atoms with van der Waals surface area (Å²) in [5.41, 5.74) is 0.907.